The number of nitrogens with one attached hydrogen (secondary N) is 1. The maximum atomic E-state index is 11.4. The molecule has 0 aromatic heterocycles. The second-order valence-electron chi connectivity index (χ2n) is 3.60. The van der Waals surface area contributed by atoms with Crippen LogP contribution in [0.2, 0.25) is 0 Å². The second kappa shape index (κ2) is 5.29. The second-order valence-corrected chi connectivity index (χ2v) is 3.60. The first-order valence-corrected chi connectivity index (χ1v) is 5.09. The van der Waals surface area contributed by atoms with Crippen molar-refractivity contribution in [2.45, 2.75) is 25.5 Å². The van der Waals surface area contributed by atoms with E-state index in [-0.39, 0.29) is 18.5 Å². The van der Waals surface area contributed by atoms with E-state index in [2.05, 4.69) is 5.32 Å². The number of β-amino-alcohol motifs (C(OH)–C–C–N with tert-alkyl or cyclic N) is 1. The summed E-state index contributed by atoms with van der Waals surface area (Å²) in [7, 11) is 0. The van der Waals surface area contributed by atoms with Gasteiger partial charge in [-0.05, 0) is 6.42 Å². The van der Waals surface area contributed by atoms with E-state index in [9.17, 15) is 9.90 Å². The third kappa shape index (κ3) is 2.67. The maximum absolute atomic E-state index is 11.4. The van der Waals surface area contributed by atoms with E-state index >= 15 is 0 Å². The Hall–Kier alpha value is -0.650. The molecule has 5 nitrogen and oxygen atoms in total. The van der Waals surface area contributed by atoms with Gasteiger partial charge >= 0.3 is 0 Å². The number of carbonyl (C=O) groups excluding carboxylic acids is 1. The van der Waals surface area contributed by atoms with Gasteiger partial charge in [-0.2, -0.15) is 0 Å². The molecule has 1 fully saturated rings. The molecule has 1 saturated heterocycles. The summed E-state index contributed by atoms with van der Waals surface area (Å²) in [5, 5.41) is 12.2. The fraction of sp³-hybridized carbons (Fsp3) is 0.889. The van der Waals surface area contributed by atoms with Crippen LogP contribution >= 0.6 is 0 Å². The van der Waals surface area contributed by atoms with Gasteiger partial charge < -0.3 is 16.2 Å². The van der Waals surface area contributed by atoms with Gasteiger partial charge in [0.05, 0.1) is 12.1 Å². The summed E-state index contributed by atoms with van der Waals surface area (Å²) in [6, 6.07) is -0.107. The number of nitrogens with two attached hydrogens (primary N) is 1. The van der Waals surface area contributed by atoms with Crippen molar-refractivity contribution >= 4 is 5.91 Å². The SMILES string of the molecule is CCC1C(=O)NCCN1CC(O)CN. The third-order valence-corrected chi connectivity index (χ3v) is 2.55. The molecule has 1 rings (SSSR count). The summed E-state index contributed by atoms with van der Waals surface area (Å²) in [6.45, 7) is 4.16. The lowest BCUT2D eigenvalue weighted by Crippen LogP contribution is -2.57. The van der Waals surface area contributed by atoms with Crippen molar-refractivity contribution in [3.05, 3.63) is 0 Å². The van der Waals surface area contributed by atoms with Crippen LogP contribution in [0.3, 0.4) is 0 Å². The molecular formula is C9H19N3O2. The minimum absolute atomic E-state index is 0.0583. The molecule has 0 aromatic rings. The van der Waals surface area contributed by atoms with Gasteiger partial charge in [0.1, 0.15) is 0 Å². The number of carbonyl (C=O) groups is 1. The van der Waals surface area contributed by atoms with E-state index in [0.29, 0.717) is 13.1 Å². The Kier molecular flexibility index (Phi) is 4.31. The summed E-state index contributed by atoms with van der Waals surface area (Å²) in [5.74, 6) is 0.0583. The molecule has 0 spiro atoms. The molecule has 1 heterocycles. The lowest BCUT2D eigenvalue weighted by molar-refractivity contribution is -0.129. The number of nitrogens with zero attached hydrogens (tertiary/aromatic N) is 1. The van der Waals surface area contributed by atoms with Crippen LogP contribution in [-0.4, -0.2) is 54.2 Å². The molecule has 1 aliphatic rings. The van der Waals surface area contributed by atoms with Crippen molar-refractivity contribution in [2.24, 2.45) is 5.73 Å². The van der Waals surface area contributed by atoms with Crippen LogP contribution in [0.4, 0.5) is 0 Å². The Morgan fingerprint density at radius 3 is 3.07 bits per heavy atom. The molecular weight excluding hydrogens is 182 g/mol. The number of aliphatic hydroxyl groups excluding tert-OH is 1. The summed E-state index contributed by atoms with van der Waals surface area (Å²) in [6.07, 6.45) is 0.235. The van der Waals surface area contributed by atoms with Gasteiger partial charge in [0, 0.05) is 26.2 Å². The predicted molar refractivity (Wildman–Crippen MR) is 53.7 cm³/mol. The van der Waals surface area contributed by atoms with Crippen LogP contribution in [0.25, 0.3) is 0 Å². The highest BCUT2D eigenvalue weighted by atomic mass is 16.3. The average molecular weight is 201 g/mol. The Labute approximate surface area is 84.3 Å². The maximum Gasteiger partial charge on any atom is 0.237 e. The molecule has 1 amide bonds. The standard InChI is InChI=1S/C9H19N3O2/c1-2-8-9(14)11-3-4-12(8)6-7(13)5-10/h7-8,13H,2-6,10H2,1H3,(H,11,14). The fourth-order valence-electron chi connectivity index (χ4n) is 1.77. The van der Waals surface area contributed by atoms with Gasteiger partial charge in [-0.15, -0.1) is 0 Å². The van der Waals surface area contributed by atoms with Crippen molar-refractivity contribution in [3.8, 4) is 0 Å². The van der Waals surface area contributed by atoms with Crippen LogP contribution < -0.4 is 11.1 Å². The molecule has 2 unspecified atom stereocenters. The lowest BCUT2D eigenvalue weighted by Gasteiger charge is -2.35. The van der Waals surface area contributed by atoms with E-state index < -0.39 is 6.10 Å². The molecule has 0 radical (unpaired) electrons. The van der Waals surface area contributed by atoms with Gasteiger partial charge in [0.15, 0.2) is 0 Å². The summed E-state index contributed by atoms with van der Waals surface area (Å²) in [5.41, 5.74) is 5.33. The first-order valence-electron chi connectivity index (χ1n) is 5.09. The summed E-state index contributed by atoms with van der Waals surface area (Å²) in [4.78, 5) is 13.4. The number of rotatable bonds is 4. The van der Waals surface area contributed by atoms with Gasteiger partial charge in [-0.1, -0.05) is 6.92 Å². The Balaban J connectivity index is 2.51. The Morgan fingerprint density at radius 2 is 2.50 bits per heavy atom. The van der Waals surface area contributed by atoms with Crippen LogP contribution in [0.5, 0.6) is 0 Å². The minimum atomic E-state index is -0.532. The third-order valence-electron chi connectivity index (χ3n) is 2.55. The molecule has 5 heteroatoms. The molecule has 4 N–H and O–H groups in total. The van der Waals surface area contributed by atoms with Crippen LogP contribution in [0.15, 0.2) is 0 Å². The molecule has 14 heavy (non-hydrogen) atoms. The first kappa shape index (κ1) is 11.4. The van der Waals surface area contributed by atoms with E-state index in [1.165, 1.54) is 0 Å². The van der Waals surface area contributed by atoms with Crippen LogP contribution in [0.1, 0.15) is 13.3 Å². The predicted octanol–water partition coefficient (Wildman–Crippen LogP) is -1.48. The highest BCUT2D eigenvalue weighted by Gasteiger charge is 2.28. The van der Waals surface area contributed by atoms with E-state index in [1.807, 2.05) is 11.8 Å². The molecule has 82 valence electrons. The van der Waals surface area contributed by atoms with Gasteiger partial charge in [0.2, 0.25) is 5.91 Å². The van der Waals surface area contributed by atoms with Crippen molar-refractivity contribution in [1.82, 2.24) is 10.2 Å². The van der Waals surface area contributed by atoms with Crippen molar-refractivity contribution in [1.29, 1.82) is 0 Å². The smallest absolute Gasteiger partial charge is 0.237 e. The highest BCUT2D eigenvalue weighted by Crippen LogP contribution is 2.08. The molecule has 0 saturated carbocycles. The van der Waals surface area contributed by atoms with E-state index in [0.717, 1.165) is 13.0 Å². The number of aliphatic hydroxyl groups is 1. The largest absolute Gasteiger partial charge is 0.390 e. The number of amides is 1. The highest BCUT2D eigenvalue weighted by molar-refractivity contribution is 5.82. The molecule has 0 aromatic carbocycles. The van der Waals surface area contributed by atoms with Gasteiger partial charge in [-0.3, -0.25) is 9.69 Å². The van der Waals surface area contributed by atoms with E-state index in [1.54, 1.807) is 0 Å². The molecule has 0 bridgehead atoms. The van der Waals surface area contributed by atoms with Gasteiger partial charge in [-0.25, -0.2) is 0 Å². The monoisotopic (exact) mass is 201 g/mol. The normalized spacial score (nSPS) is 25.9. The molecule has 0 aliphatic carbocycles. The topological polar surface area (TPSA) is 78.6 Å². The number of piperazine rings is 1. The minimum Gasteiger partial charge on any atom is -0.390 e. The average Bonchev–Trinajstić information content (AvgIpc) is 2.18. The number of hydrogen-bond donors (Lipinski definition) is 3. The quantitative estimate of drug-likeness (QED) is 0.518. The lowest BCUT2D eigenvalue weighted by atomic mass is 10.1. The molecule has 1 aliphatic heterocycles. The van der Waals surface area contributed by atoms with Crippen molar-refractivity contribution in [2.75, 3.05) is 26.2 Å². The fourth-order valence-corrected chi connectivity index (χ4v) is 1.77. The Bertz CT molecular complexity index is 198. The van der Waals surface area contributed by atoms with Crippen molar-refractivity contribution < 1.29 is 9.90 Å². The van der Waals surface area contributed by atoms with E-state index in [4.69, 9.17) is 5.73 Å². The number of hydrogen-bond acceptors (Lipinski definition) is 4. The summed E-state index contributed by atoms with van der Waals surface area (Å²) >= 11 is 0. The zero-order chi connectivity index (χ0) is 10.6. The molecule has 2 atom stereocenters. The Morgan fingerprint density at radius 1 is 1.79 bits per heavy atom. The van der Waals surface area contributed by atoms with Crippen molar-refractivity contribution in [3.63, 3.8) is 0 Å². The van der Waals surface area contributed by atoms with Gasteiger partial charge in [0.25, 0.3) is 0 Å². The zero-order valence-electron chi connectivity index (χ0n) is 8.57. The zero-order valence-corrected chi connectivity index (χ0v) is 8.57. The van der Waals surface area contributed by atoms with Crippen LogP contribution in [-0.2, 0) is 4.79 Å². The first-order chi connectivity index (χ1) is 6.69. The summed E-state index contributed by atoms with van der Waals surface area (Å²) < 4.78 is 0. The van der Waals surface area contributed by atoms with Crippen LogP contribution in [0, 0.1) is 0 Å².